The van der Waals surface area contributed by atoms with Crippen molar-refractivity contribution in [3.8, 4) is 0 Å². The smallest absolute Gasteiger partial charge is 0.177 e. The van der Waals surface area contributed by atoms with Gasteiger partial charge in [-0.2, -0.15) is 0 Å². The van der Waals surface area contributed by atoms with Crippen LogP contribution in [0.2, 0.25) is 0 Å². The zero-order valence-corrected chi connectivity index (χ0v) is 15.0. The van der Waals surface area contributed by atoms with Crippen LogP contribution in [0.25, 0.3) is 0 Å². The molecule has 26 heavy (non-hydrogen) atoms. The molecule has 0 radical (unpaired) electrons. The fraction of sp³-hybridized carbons (Fsp3) is 0.333. The molecule has 1 atom stereocenters. The molecule has 3 nitrogen and oxygen atoms in total. The van der Waals surface area contributed by atoms with Gasteiger partial charge in [0.2, 0.25) is 0 Å². The second-order valence-electron chi connectivity index (χ2n) is 8.05. The molecule has 1 aromatic heterocycles. The number of hydrogen-bond acceptors (Lipinski definition) is 3. The molecule has 2 heterocycles. The normalized spacial score (nSPS) is 24.0. The number of anilines is 1. The van der Waals surface area contributed by atoms with E-state index < -0.39 is 17.0 Å². The zero-order valence-electron chi connectivity index (χ0n) is 15.0. The van der Waals surface area contributed by atoms with Crippen LogP contribution >= 0.6 is 0 Å². The summed E-state index contributed by atoms with van der Waals surface area (Å²) in [5.41, 5.74) is 0.816. The topological polar surface area (TPSA) is 42.0 Å². The summed E-state index contributed by atoms with van der Waals surface area (Å²) in [7, 11) is 0. The van der Waals surface area contributed by atoms with E-state index in [1.165, 1.54) is 0 Å². The minimum atomic E-state index is -1.09. The van der Waals surface area contributed by atoms with Gasteiger partial charge in [-0.15, -0.1) is 0 Å². The van der Waals surface area contributed by atoms with Gasteiger partial charge in [0, 0.05) is 23.3 Å². The van der Waals surface area contributed by atoms with Crippen LogP contribution in [-0.2, 0) is 10.2 Å². The highest BCUT2D eigenvalue weighted by molar-refractivity contribution is 6.02. The van der Waals surface area contributed by atoms with Gasteiger partial charge in [0.1, 0.15) is 5.82 Å². The van der Waals surface area contributed by atoms with E-state index in [9.17, 15) is 13.6 Å². The van der Waals surface area contributed by atoms with Gasteiger partial charge < -0.3 is 5.32 Å². The Kier molecular flexibility index (Phi) is 3.55. The number of rotatable bonds is 1. The number of aromatic nitrogens is 1. The van der Waals surface area contributed by atoms with Gasteiger partial charge in [0.05, 0.1) is 11.6 Å². The zero-order chi connectivity index (χ0) is 18.7. The highest BCUT2D eigenvalue weighted by atomic mass is 19.2. The second-order valence-corrected chi connectivity index (χ2v) is 8.05. The maximum Gasteiger partial charge on any atom is 0.177 e. The molecule has 0 bridgehead atoms. The van der Waals surface area contributed by atoms with Crippen molar-refractivity contribution in [3.63, 3.8) is 0 Å². The van der Waals surface area contributed by atoms with E-state index in [0.29, 0.717) is 18.4 Å². The summed E-state index contributed by atoms with van der Waals surface area (Å²) in [4.78, 5) is 17.2. The van der Waals surface area contributed by atoms with Crippen LogP contribution in [0, 0.1) is 17.0 Å². The summed E-state index contributed by atoms with van der Waals surface area (Å²) in [6, 6.07) is 9.22. The Morgan fingerprint density at radius 1 is 1.08 bits per heavy atom. The first-order chi connectivity index (χ1) is 12.2. The number of nitrogens with zero attached hydrogens (tertiary/aromatic N) is 1. The average Bonchev–Trinajstić information content (AvgIpc) is 2.57. The molecule has 1 aromatic carbocycles. The lowest BCUT2D eigenvalue weighted by atomic mass is 9.62. The van der Waals surface area contributed by atoms with E-state index in [4.69, 9.17) is 0 Å². The molecule has 1 N–H and O–H groups in total. The second kappa shape index (κ2) is 5.47. The Hall–Kier alpha value is -2.56. The lowest BCUT2D eigenvalue weighted by Crippen LogP contribution is -2.43. The number of benzene rings is 1. The molecule has 0 unspecified atom stereocenters. The van der Waals surface area contributed by atoms with E-state index in [2.05, 4.69) is 10.3 Å². The van der Waals surface area contributed by atoms with Crippen molar-refractivity contribution in [2.24, 2.45) is 5.41 Å². The maximum atomic E-state index is 14.9. The third-order valence-corrected chi connectivity index (χ3v) is 5.47. The Labute approximate surface area is 151 Å². The molecule has 1 aliphatic heterocycles. The molecule has 4 rings (SSSR count). The molecule has 2 aromatic rings. The quantitative estimate of drug-likeness (QED) is 0.805. The van der Waals surface area contributed by atoms with Gasteiger partial charge in [-0.1, -0.05) is 44.2 Å². The van der Waals surface area contributed by atoms with Crippen LogP contribution in [0.5, 0.6) is 0 Å². The number of fused-ring (bicyclic) bond motifs is 1. The first kappa shape index (κ1) is 16.9. The Morgan fingerprint density at radius 2 is 1.77 bits per heavy atom. The molecular formula is C21H20F2N2O. The lowest BCUT2D eigenvalue weighted by molar-refractivity contribution is -0.118. The number of nitrogens with one attached hydrogen (secondary N) is 1. The summed E-state index contributed by atoms with van der Waals surface area (Å²) in [5, 5.41) is 3.12. The summed E-state index contributed by atoms with van der Waals surface area (Å²) < 4.78 is 29.0. The first-order valence-electron chi connectivity index (χ1n) is 8.68. The number of allylic oxidation sites excluding steroid dienone is 2. The first-order valence-corrected chi connectivity index (χ1v) is 8.68. The van der Waals surface area contributed by atoms with E-state index in [-0.39, 0.29) is 22.6 Å². The fourth-order valence-corrected chi connectivity index (χ4v) is 4.35. The van der Waals surface area contributed by atoms with Crippen molar-refractivity contribution in [1.82, 2.24) is 4.98 Å². The molecule has 2 aliphatic rings. The van der Waals surface area contributed by atoms with Crippen molar-refractivity contribution in [2.45, 2.75) is 39.0 Å². The van der Waals surface area contributed by atoms with Crippen LogP contribution in [0.1, 0.15) is 44.7 Å². The molecule has 134 valence electrons. The van der Waals surface area contributed by atoms with E-state index in [1.54, 1.807) is 6.92 Å². The lowest BCUT2D eigenvalue weighted by Gasteiger charge is -2.44. The average molecular weight is 354 g/mol. The van der Waals surface area contributed by atoms with Crippen LogP contribution in [0.3, 0.4) is 0 Å². The van der Waals surface area contributed by atoms with Gasteiger partial charge in [0.25, 0.3) is 0 Å². The van der Waals surface area contributed by atoms with E-state index >= 15 is 0 Å². The van der Waals surface area contributed by atoms with Gasteiger partial charge in [0.15, 0.2) is 17.4 Å². The van der Waals surface area contributed by atoms with E-state index in [0.717, 1.165) is 17.5 Å². The van der Waals surface area contributed by atoms with Crippen LogP contribution in [0.15, 0.2) is 47.8 Å². The number of halogens is 2. The number of pyridine rings is 1. The largest absolute Gasteiger partial charge is 0.343 e. The predicted octanol–water partition coefficient (Wildman–Crippen LogP) is 4.73. The maximum absolute atomic E-state index is 14.9. The number of carbonyl (C=O) groups is 1. The Balaban J connectivity index is 2.07. The number of carbonyl (C=O) groups excluding carboxylic acids is 1. The Bertz CT molecular complexity index is 950. The summed E-state index contributed by atoms with van der Waals surface area (Å²) >= 11 is 0. The van der Waals surface area contributed by atoms with E-state index in [1.807, 2.05) is 44.2 Å². The third kappa shape index (κ3) is 2.30. The van der Waals surface area contributed by atoms with Crippen molar-refractivity contribution < 1.29 is 13.6 Å². The number of hydrogen-bond donors (Lipinski definition) is 1. The van der Waals surface area contributed by atoms with Crippen LogP contribution < -0.4 is 5.32 Å². The molecule has 0 amide bonds. The van der Waals surface area contributed by atoms with Crippen LogP contribution in [-0.4, -0.2) is 10.8 Å². The monoisotopic (exact) mass is 354 g/mol. The van der Waals surface area contributed by atoms with Crippen molar-refractivity contribution in [2.75, 3.05) is 5.32 Å². The highest BCUT2D eigenvalue weighted by Gasteiger charge is 2.49. The molecule has 0 fully saturated rings. The van der Waals surface area contributed by atoms with Gasteiger partial charge in [-0.25, -0.2) is 13.8 Å². The van der Waals surface area contributed by atoms with Gasteiger partial charge >= 0.3 is 0 Å². The highest BCUT2D eigenvalue weighted by Crippen LogP contribution is 2.52. The van der Waals surface area contributed by atoms with Crippen molar-refractivity contribution >= 4 is 11.6 Å². The molecule has 0 saturated heterocycles. The summed E-state index contributed by atoms with van der Waals surface area (Å²) in [6.45, 7) is 5.85. The fourth-order valence-electron chi connectivity index (χ4n) is 4.35. The Morgan fingerprint density at radius 3 is 2.46 bits per heavy atom. The summed E-state index contributed by atoms with van der Waals surface area (Å²) in [6.07, 6.45) is 1.90. The predicted molar refractivity (Wildman–Crippen MR) is 95.7 cm³/mol. The minimum Gasteiger partial charge on any atom is -0.343 e. The molecule has 0 spiro atoms. The molecular weight excluding hydrogens is 334 g/mol. The standard InChI is InChI=1S/C21H20F2N2O/c1-20(2)9-14-16(15(26)10-20)21(3,12-7-5-4-6-8-12)17-18(23)13(22)11-24-19(17)25-14/h4-8,11H,9-10H2,1-3H3,(H,24,25)/t21-/m1/s1. The third-order valence-electron chi connectivity index (χ3n) is 5.47. The molecule has 5 heteroatoms. The van der Waals surface area contributed by atoms with Crippen molar-refractivity contribution in [1.29, 1.82) is 0 Å². The van der Waals surface area contributed by atoms with Gasteiger partial charge in [-0.05, 0) is 24.3 Å². The number of Topliss-reactive ketones (excluding diaryl/α,β-unsaturated/α-hetero) is 1. The minimum absolute atomic E-state index is 0.0376. The summed E-state index contributed by atoms with van der Waals surface area (Å²) in [5.74, 6) is -1.73. The SMILES string of the molecule is CC1(C)CC(=O)C2=C(C1)Nc1ncc(F)c(F)c1[C@]2(C)c1ccccc1. The number of ketones is 1. The molecule has 1 aliphatic carbocycles. The van der Waals surface area contributed by atoms with Crippen LogP contribution in [0.4, 0.5) is 14.6 Å². The molecule has 0 saturated carbocycles. The van der Waals surface area contributed by atoms with Crippen molar-refractivity contribution in [3.05, 3.63) is 70.6 Å². The van der Waals surface area contributed by atoms with Gasteiger partial charge in [-0.3, -0.25) is 4.79 Å².